The second-order valence-electron chi connectivity index (χ2n) is 6.84. The highest BCUT2D eigenvalue weighted by Crippen LogP contribution is 2.37. The van der Waals surface area contributed by atoms with Crippen LogP contribution in [-0.2, 0) is 9.98 Å². The van der Waals surface area contributed by atoms with Gasteiger partial charge in [-0.1, -0.05) is 32.9 Å². The van der Waals surface area contributed by atoms with Gasteiger partial charge < -0.3 is 9.84 Å². The van der Waals surface area contributed by atoms with E-state index in [1.807, 2.05) is 12.1 Å². The van der Waals surface area contributed by atoms with E-state index in [0.29, 0.717) is 11.3 Å². The third-order valence-electron chi connectivity index (χ3n) is 3.58. The van der Waals surface area contributed by atoms with E-state index in [1.165, 1.54) is 24.3 Å². The van der Waals surface area contributed by atoms with E-state index in [4.69, 9.17) is 22.0 Å². The Labute approximate surface area is 163 Å². The van der Waals surface area contributed by atoms with E-state index >= 15 is 0 Å². The van der Waals surface area contributed by atoms with Crippen LogP contribution < -0.4 is 15.2 Å². The van der Waals surface area contributed by atoms with Crippen LogP contribution in [0.3, 0.4) is 0 Å². The molecule has 0 unspecified atom stereocenters. The van der Waals surface area contributed by atoms with Crippen LogP contribution >= 0.6 is 20.0 Å². The molecule has 0 radical (unpaired) electrons. The Balaban J connectivity index is 1.95. The van der Waals surface area contributed by atoms with Crippen molar-refractivity contribution < 1.29 is 23.7 Å². The minimum atomic E-state index is -4.60. The minimum absolute atomic E-state index is 0.00152. The molecular weight excluding hydrogens is 387 g/mol. The van der Waals surface area contributed by atoms with E-state index in [0.717, 1.165) is 5.56 Å². The highest BCUT2D eigenvalue weighted by Gasteiger charge is 2.16. The molecule has 0 heterocycles. The van der Waals surface area contributed by atoms with Crippen LogP contribution in [0, 0.1) is 0 Å². The Hall–Kier alpha value is -2.25. The molecule has 4 N–H and O–H groups in total. The van der Waals surface area contributed by atoms with Crippen molar-refractivity contribution in [1.29, 1.82) is 0 Å². The summed E-state index contributed by atoms with van der Waals surface area (Å²) in [6.45, 7) is 6.28. The number of benzene rings is 2. The zero-order valence-electron chi connectivity index (χ0n) is 15.1. The maximum absolute atomic E-state index is 12.3. The monoisotopic (exact) mass is 408 g/mol. The van der Waals surface area contributed by atoms with Crippen molar-refractivity contribution in [1.82, 2.24) is 5.32 Å². The first-order chi connectivity index (χ1) is 12.4. The number of nitrogens with one attached hydrogen (secondary N) is 2. The molecule has 0 saturated heterocycles. The van der Waals surface area contributed by atoms with Gasteiger partial charge in [-0.15, -0.1) is 0 Å². The van der Waals surface area contributed by atoms with Gasteiger partial charge in [0.1, 0.15) is 5.75 Å². The van der Waals surface area contributed by atoms with E-state index in [9.17, 15) is 9.36 Å². The summed E-state index contributed by atoms with van der Waals surface area (Å²) in [5.41, 5.74) is 2.14. The fourth-order valence-corrected chi connectivity index (χ4v) is 2.80. The lowest BCUT2D eigenvalue weighted by Crippen LogP contribution is -2.34. The van der Waals surface area contributed by atoms with E-state index < -0.39 is 7.82 Å². The molecule has 9 heteroatoms. The fraction of sp³-hybridized carbons (Fsp3) is 0.222. The van der Waals surface area contributed by atoms with Crippen molar-refractivity contribution in [2.75, 3.05) is 5.32 Å². The van der Waals surface area contributed by atoms with E-state index in [1.54, 1.807) is 12.1 Å². The summed E-state index contributed by atoms with van der Waals surface area (Å²) in [5.74, 6) is -0.322. The maximum atomic E-state index is 12.3. The normalized spacial score (nSPS) is 11.6. The molecule has 27 heavy (non-hydrogen) atoms. The van der Waals surface area contributed by atoms with E-state index in [-0.39, 0.29) is 22.2 Å². The number of phosphoric ester groups is 1. The summed E-state index contributed by atoms with van der Waals surface area (Å²) in [4.78, 5) is 29.8. The molecule has 0 aliphatic heterocycles. The van der Waals surface area contributed by atoms with Crippen molar-refractivity contribution >= 4 is 36.7 Å². The van der Waals surface area contributed by atoms with Crippen LogP contribution in [0.25, 0.3) is 0 Å². The summed E-state index contributed by atoms with van der Waals surface area (Å²) < 4.78 is 15.2. The zero-order chi connectivity index (χ0) is 20.2. The van der Waals surface area contributed by atoms with Crippen molar-refractivity contribution in [3.05, 3.63) is 59.7 Å². The number of carbonyl (C=O) groups excluding carboxylic acids is 1. The molecule has 0 bridgehead atoms. The van der Waals surface area contributed by atoms with Crippen LogP contribution in [0.5, 0.6) is 5.75 Å². The van der Waals surface area contributed by atoms with Gasteiger partial charge in [0.15, 0.2) is 5.11 Å². The fourth-order valence-electron chi connectivity index (χ4n) is 2.20. The number of hydrogen-bond acceptors (Lipinski definition) is 4. The van der Waals surface area contributed by atoms with Crippen LogP contribution in [0.15, 0.2) is 48.5 Å². The summed E-state index contributed by atoms with van der Waals surface area (Å²) >= 11 is 5.12. The topological polar surface area (TPSA) is 108 Å². The Morgan fingerprint density at radius 2 is 1.59 bits per heavy atom. The number of anilines is 1. The summed E-state index contributed by atoms with van der Waals surface area (Å²) in [5, 5.41) is 5.50. The largest absolute Gasteiger partial charge is 0.524 e. The molecule has 144 valence electrons. The first-order valence-corrected chi connectivity index (χ1v) is 9.96. The van der Waals surface area contributed by atoms with Gasteiger partial charge in [-0.2, -0.15) is 0 Å². The molecule has 1 amide bonds. The summed E-state index contributed by atoms with van der Waals surface area (Å²) in [6.07, 6.45) is 0. The molecule has 2 rings (SSSR count). The maximum Gasteiger partial charge on any atom is 0.524 e. The van der Waals surface area contributed by atoms with Gasteiger partial charge in [0, 0.05) is 11.3 Å². The van der Waals surface area contributed by atoms with Gasteiger partial charge in [-0.25, -0.2) is 4.57 Å². The van der Waals surface area contributed by atoms with Crippen molar-refractivity contribution in [2.24, 2.45) is 0 Å². The lowest BCUT2D eigenvalue weighted by Gasteiger charge is -2.19. The van der Waals surface area contributed by atoms with Crippen LogP contribution in [0.2, 0.25) is 0 Å². The number of hydrogen-bond donors (Lipinski definition) is 4. The molecule has 0 aliphatic carbocycles. The average molecular weight is 408 g/mol. The first-order valence-electron chi connectivity index (χ1n) is 8.02. The molecule has 2 aromatic carbocycles. The molecule has 0 fully saturated rings. The van der Waals surface area contributed by atoms with Gasteiger partial charge in [0.25, 0.3) is 5.91 Å². The van der Waals surface area contributed by atoms with Crippen LogP contribution in [-0.4, -0.2) is 20.8 Å². The molecule has 0 aliphatic rings. The standard InChI is InChI=1S/C18H21N2O5PS/c1-18(2,3)13-6-4-12(5-7-13)16(21)20-17(27)19-14-8-10-15(11-9-14)25-26(22,23)24/h4-11H,1-3H3,(H2,22,23,24)(H2,19,20,21,27). The van der Waals surface area contributed by atoms with Gasteiger partial charge in [0.05, 0.1) is 0 Å². The third kappa shape index (κ3) is 6.77. The lowest BCUT2D eigenvalue weighted by molar-refractivity contribution is 0.0977. The van der Waals surface area contributed by atoms with Crippen molar-refractivity contribution in [3.63, 3.8) is 0 Å². The highest BCUT2D eigenvalue weighted by molar-refractivity contribution is 7.80. The smallest absolute Gasteiger partial charge is 0.404 e. The van der Waals surface area contributed by atoms with Gasteiger partial charge in [-0.05, 0) is 59.6 Å². The predicted molar refractivity (Wildman–Crippen MR) is 108 cm³/mol. The molecule has 0 saturated carbocycles. The van der Waals surface area contributed by atoms with Crippen LogP contribution in [0.1, 0.15) is 36.7 Å². The van der Waals surface area contributed by atoms with Crippen LogP contribution in [0.4, 0.5) is 5.69 Å². The minimum Gasteiger partial charge on any atom is -0.404 e. The molecule has 0 atom stereocenters. The van der Waals surface area contributed by atoms with Gasteiger partial charge >= 0.3 is 7.82 Å². The van der Waals surface area contributed by atoms with Gasteiger partial charge in [-0.3, -0.25) is 19.9 Å². The number of phosphoric acid groups is 1. The lowest BCUT2D eigenvalue weighted by atomic mass is 9.87. The highest BCUT2D eigenvalue weighted by atomic mass is 32.1. The third-order valence-corrected chi connectivity index (χ3v) is 4.23. The Morgan fingerprint density at radius 3 is 2.07 bits per heavy atom. The summed E-state index contributed by atoms with van der Waals surface area (Å²) in [6, 6.07) is 13.1. The second-order valence-corrected chi connectivity index (χ2v) is 8.41. The molecular formula is C18H21N2O5PS. The number of rotatable bonds is 4. The number of amides is 1. The Kier molecular flexibility index (Phi) is 6.38. The molecule has 2 aromatic rings. The first kappa shape index (κ1) is 21.1. The Bertz CT molecular complexity index is 870. The predicted octanol–water partition coefficient (Wildman–Crippen LogP) is 3.58. The number of carbonyl (C=O) groups is 1. The molecule has 7 nitrogen and oxygen atoms in total. The van der Waals surface area contributed by atoms with Crippen molar-refractivity contribution in [3.8, 4) is 5.75 Å². The van der Waals surface area contributed by atoms with Crippen molar-refractivity contribution in [2.45, 2.75) is 26.2 Å². The second kappa shape index (κ2) is 8.19. The molecule has 0 spiro atoms. The van der Waals surface area contributed by atoms with E-state index in [2.05, 4.69) is 35.9 Å². The zero-order valence-corrected chi connectivity index (χ0v) is 16.8. The SMILES string of the molecule is CC(C)(C)c1ccc(C(=O)NC(=S)Nc2ccc(OP(=O)(O)O)cc2)cc1. The average Bonchev–Trinajstić information content (AvgIpc) is 2.54. The quantitative estimate of drug-likeness (QED) is 0.452. The Morgan fingerprint density at radius 1 is 1.04 bits per heavy atom. The molecule has 0 aromatic heterocycles. The number of thiocarbonyl (C=S) groups is 1. The van der Waals surface area contributed by atoms with Gasteiger partial charge in [0.2, 0.25) is 0 Å². The summed E-state index contributed by atoms with van der Waals surface area (Å²) in [7, 11) is -4.60.